The molecule has 4 nitrogen and oxygen atoms in total. The summed E-state index contributed by atoms with van der Waals surface area (Å²) in [6, 6.07) is 0. The van der Waals surface area contributed by atoms with Crippen LogP contribution in [-0.2, 0) is 10.0 Å². The Labute approximate surface area is 83.1 Å². The van der Waals surface area contributed by atoms with Crippen molar-refractivity contribution in [2.45, 2.75) is 25.5 Å². The second kappa shape index (κ2) is 6.26. The van der Waals surface area contributed by atoms with Crippen molar-refractivity contribution in [3.63, 3.8) is 0 Å². The molecule has 2 N–H and O–H groups in total. The summed E-state index contributed by atoms with van der Waals surface area (Å²) < 4.78 is 47.1. The lowest BCUT2D eigenvalue weighted by Gasteiger charge is -2.20. The SMILES string of the molecule is CCCCN(CCN)S(=O)(=O)C(F)F. The Morgan fingerprint density at radius 1 is 1.36 bits per heavy atom. The van der Waals surface area contributed by atoms with Gasteiger partial charge in [0.25, 0.3) is 10.0 Å². The van der Waals surface area contributed by atoms with Gasteiger partial charge in [0.05, 0.1) is 0 Å². The summed E-state index contributed by atoms with van der Waals surface area (Å²) in [5.41, 5.74) is 5.15. The van der Waals surface area contributed by atoms with E-state index in [1.54, 1.807) is 0 Å². The van der Waals surface area contributed by atoms with Gasteiger partial charge in [-0.05, 0) is 6.42 Å². The maximum Gasteiger partial charge on any atom is 0.350 e. The van der Waals surface area contributed by atoms with Crippen molar-refractivity contribution < 1.29 is 17.2 Å². The molecule has 0 aliphatic heterocycles. The molecular weight excluding hydrogens is 214 g/mol. The molecule has 0 saturated carbocycles. The summed E-state index contributed by atoms with van der Waals surface area (Å²) in [6.07, 6.45) is 1.31. The lowest BCUT2D eigenvalue weighted by molar-refractivity contribution is 0.218. The number of hydrogen-bond donors (Lipinski definition) is 1. The molecule has 0 fully saturated rings. The summed E-state index contributed by atoms with van der Waals surface area (Å²) in [4.78, 5) is 0. The fraction of sp³-hybridized carbons (Fsp3) is 1.00. The zero-order valence-corrected chi connectivity index (χ0v) is 8.93. The number of nitrogens with two attached hydrogens (primary N) is 1. The third-order valence-corrected chi connectivity index (χ3v) is 3.26. The van der Waals surface area contributed by atoms with E-state index in [1.165, 1.54) is 0 Å². The summed E-state index contributed by atoms with van der Waals surface area (Å²) in [5.74, 6) is -3.36. The molecule has 0 atom stereocenters. The molecule has 0 radical (unpaired) electrons. The van der Waals surface area contributed by atoms with Crippen LogP contribution in [0.15, 0.2) is 0 Å². The highest BCUT2D eigenvalue weighted by molar-refractivity contribution is 7.89. The van der Waals surface area contributed by atoms with Crippen LogP contribution in [0, 0.1) is 0 Å². The number of nitrogens with zero attached hydrogens (tertiary/aromatic N) is 1. The fourth-order valence-electron chi connectivity index (χ4n) is 0.957. The predicted octanol–water partition coefficient (Wildman–Crippen LogP) is 0.600. The Balaban J connectivity index is 4.47. The highest BCUT2D eigenvalue weighted by Gasteiger charge is 2.30. The third kappa shape index (κ3) is 3.85. The molecule has 14 heavy (non-hydrogen) atoms. The van der Waals surface area contributed by atoms with E-state index in [2.05, 4.69) is 0 Å². The first-order valence-electron chi connectivity index (χ1n) is 4.44. The first-order chi connectivity index (χ1) is 6.46. The zero-order chi connectivity index (χ0) is 11.2. The van der Waals surface area contributed by atoms with Crippen LogP contribution >= 0.6 is 0 Å². The van der Waals surface area contributed by atoms with E-state index in [1.807, 2.05) is 6.92 Å². The molecule has 86 valence electrons. The lowest BCUT2D eigenvalue weighted by atomic mass is 10.3. The van der Waals surface area contributed by atoms with Crippen molar-refractivity contribution >= 4 is 10.0 Å². The van der Waals surface area contributed by atoms with Crippen LogP contribution in [0.4, 0.5) is 8.78 Å². The molecule has 0 bridgehead atoms. The topological polar surface area (TPSA) is 63.4 Å². The fourth-order valence-corrected chi connectivity index (χ4v) is 1.93. The average Bonchev–Trinajstić information content (AvgIpc) is 2.11. The summed E-state index contributed by atoms with van der Waals surface area (Å²) in [7, 11) is -4.45. The Bertz CT molecular complexity index is 244. The Morgan fingerprint density at radius 2 is 1.93 bits per heavy atom. The molecule has 0 spiro atoms. The van der Waals surface area contributed by atoms with Gasteiger partial charge in [-0.15, -0.1) is 0 Å². The number of sulfonamides is 1. The van der Waals surface area contributed by atoms with Crippen LogP contribution in [0.2, 0.25) is 0 Å². The third-order valence-electron chi connectivity index (χ3n) is 1.72. The highest BCUT2D eigenvalue weighted by Crippen LogP contribution is 2.12. The minimum absolute atomic E-state index is 0.0489. The van der Waals surface area contributed by atoms with Crippen molar-refractivity contribution in [1.82, 2.24) is 4.31 Å². The average molecular weight is 230 g/mol. The minimum atomic E-state index is -4.45. The molecule has 0 unspecified atom stereocenters. The Hall–Kier alpha value is -0.270. The second-order valence-electron chi connectivity index (χ2n) is 2.85. The molecule has 0 aromatic heterocycles. The Kier molecular flexibility index (Phi) is 6.14. The van der Waals surface area contributed by atoms with Crippen molar-refractivity contribution in [3.05, 3.63) is 0 Å². The Morgan fingerprint density at radius 3 is 2.29 bits per heavy atom. The van der Waals surface area contributed by atoms with Crippen LogP contribution in [0.1, 0.15) is 19.8 Å². The monoisotopic (exact) mass is 230 g/mol. The van der Waals surface area contributed by atoms with E-state index in [4.69, 9.17) is 5.73 Å². The van der Waals surface area contributed by atoms with Crippen molar-refractivity contribution in [2.24, 2.45) is 5.73 Å². The van der Waals surface area contributed by atoms with E-state index >= 15 is 0 Å². The molecular formula is C7H16F2N2O2S. The maximum atomic E-state index is 12.1. The minimum Gasteiger partial charge on any atom is -0.329 e. The summed E-state index contributed by atoms with van der Waals surface area (Å²) in [5, 5.41) is 0. The molecule has 0 aromatic carbocycles. The van der Waals surface area contributed by atoms with Crippen molar-refractivity contribution in [1.29, 1.82) is 0 Å². The van der Waals surface area contributed by atoms with Crippen LogP contribution in [-0.4, -0.2) is 38.1 Å². The first kappa shape index (κ1) is 13.7. The van der Waals surface area contributed by atoms with Gasteiger partial charge < -0.3 is 5.73 Å². The van der Waals surface area contributed by atoms with Crippen LogP contribution < -0.4 is 5.73 Å². The van der Waals surface area contributed by atoms with Gasteiger partial charge in [0.15, 0.2) is 0 Å². The normalized spacial score (nSPS) is 12.7. The van der Waals surface area contributed by atoms with Gasteiger partial charge in [0.2, 0.25) is 0 Å². The molecule has 0 aliphatic rings. The van der Waals surface area contributed by atoms with Gasteiger partial charge in [-0.25, -0.2) is 8.42 Å². The van der Waals surface area contributed by atoms with Crippen LogP contribution in [0.5, 0.6) is 0 Å². The first-order valence-corrected chi connectivity index (χ1v) is 5.94. The molecule has 7 heteroatoms. The molecule has 0 aliphatic carbocycles. The van der Waals surface area contributed by atoms with Gasteiger partial charge >= 0.3 is 5.76 Å². The van der Waals surface area contributed by atoms with E-state index in [9.17, 15) is 17.2 Å². The number of halogens is 2. The molecule has 0 heterocycles. The van der Waals surface area contributed by atoms with E-state index < -0.39 is 15.8 Å². The van der Waals surface area contributed by atoms with E-state index in [0.717, 1.165) is 10.7 Å². The summed E-state index contributed by atoms with van der Waals surface area (Å²) >= 11 is 0. The smallest absolute Gasteiger partial charge is 0.329 e. The van der Waals surface area contributed by atoms with Gasteiger partial charge in [-0.3, -0.25) is 0 Å². The van der Waals surface area contributed by atoms with Gasteiger partial charge in [0, 0.05) is 19.6 Å². The van der Waals surface area contributed by atoms with Crippen LogP contribution in [0.3, 0.4) is 0 Å². The maximum absolute atomic E-state index is 12.1. The van der Waals surface area contributed by atoms with Gasteiger partial charge in [0.1, 0.15) is 0 Å². The standard InChI is InChI=1S/C7H16F2N2O2S/c1-2-3-5-11(6-4-10)14(12,13)7(8)9/h7H,2-6,10H2,1H3. The van der Waals surface area contributed by atoms with Crippen molar-refractivity contribution in [2.75, 3.05) is 19.6 Å². The highest BCUT2D eigenvalue weighted by atomic mass is 32.2. The molecule has 0 amide bonds. The summed E-state index contributed by atoms with van der Waals surface area (Å²) in [6.45, 7) is 1.97. The van der Waals surface area contributed by atoms with E-state index in [0.29, 0.717) is 6.42 Å². The molecule has 0 saturated heterocycles. The number of hydrogen-bond acceptors (Lipinski definition) is 3. The molecule has 0 aromatic rings. The van der Waals surface area contributed by atoms with E-state index in [-0.39, 0.29) is 19.6 Å². The number of alkyl halides is 2. The zero-order valence-electron chi connectivity index (χ0n) is 8.12. The largest absolute Gasteiger partial charge is 0.350 e. The number of unbranched alkanes of at least 4 members (excludes halogenated alkanes) is 1. The second-order valence-corrected chi connectivity index (χ2v) is 4.75. The quantitative estimate of drug-likeness (QED) is 0.696. The predicted molar refractivity (Wildman–Crippen MR) is 50.5 cm³/mol. The lowest BCUT2D eigenvalue weighted by Crippen LogP contribution is -2.39. The van der Waals surface area contributed by atoms with Crippen LogP contribution in [0.25, 0.3) is 0 Å². The van der Waals surface area contributed by atoms with Crippen molar-refractivity contribution in [3.8, 4) is 0 Å². The van der Waals surface area contributed by atoms with Gasteiger partial charge in [-0.1, -0.05) is 13.3 Å². The molecule has 0 rings (SSSR count). The number of rotatable bonds is 7. The van der Waals surface area contributed by atoms with Gasteiger partial charge in [-0.2, -0.15) is 13.1 Å².